The van der Waals surface area contributed by atoms with Crippen molar-refractivity contribution in [3.05, 3.63) is 10.1 Å². The summed E-state index contributed by atoms with van der Waals surface area (Å²) in [6.45, 7) is 2.40. The maximum Gasteiger partial charge on any atom is 0.294 e. The molecule has 0 aliphatic carbocycles. The molecule has 0 spiro atoms. The van der Waals surface area contributed by atoms with Crippen LogP contribution in [0, 0.1) is 10.1 Å². The molecule has 0 saturated carbocycles. The number of ether oxygens (including phenoxy) is 2. The highest BCUT2D eigenvalue weighted by Gasteiger charge is 2.51. The fourth-order valence-corrected chi connectivity index (χ4v) is 3.68. The summed E-state index contributed by atoms with van der Waals surface area (Å²) >= 11 is 0. The van der Waals surface area contributed by atoms with Gasteiger partial charge in [0.1, 0.15) is 12.2 Å². The monoisotopic (exact) mass is 265 g/mol. The predicted octanol–water partition coefficient (Wildman–Crippen LogP) is -0.112. The summed E-state index contributed by atoms with van der Waals surface area (Å²) in [5.74, 6) is 0.599. The number of nitrogens with zero attached hydrogens (tertiary/aromatic N) is 1. The van der Waals surface area contributed by atoms with Gasteiger partial charge in [0.15, 0.2) is 6.10 Å². The summed E-state index contributed by atoms with van der Waals surface area (Å²) in [6, 6.07) is 0. The van der Waals surface area contributed by atoms with Crippen molar-refractivity contribution in [1.29, 1.82) is 0 Å². The van der Waals surface area contributed by atoms with E-state index in [4.69, 9.17) is 9.47 Å². The van der Waals surface area contributed by atoms with E-state index in [2.05, 4.69) is 4.84 Å². The normalized spacial score (nSPS) is 37.7. The van der Waals surface area contributed by atoms with Crippen molar-refractivity contribution < 1.29 is 23.6 Å². The topological polar surface area (TPSA) is 87.9 Å². The quantitative estimate of drug-likeness (QED) is 0.509. The van der Waals surface area contributed by atoms with E-state index >= 15 is 0 Å². The average Bonchev–Trinajstić information content (AvgIpc) is 2.80. The lowest BCUT2D eigenvalue weighted by molar-refractivity contribution is -0.769. The van der Waals surface area contributed by atoms with E-state index in [9.17, 15) is 14.3 Å². The van der Waals surface area contributed by atoms with E-state index < -0.39 is 28.1 Å². The Morgan fingerprint density at radius 2 is 2.12 bits per heavy atom. The summed E-state index contributed by atoms with van der Waals surface area (Å²) in [4.78, 5) is 14.8. The first kappa shape index (κ1) is 12.7. The van der Waals surface area contributed by atoms with E-state index in [1.54, 1.807) is 0 Å². The van der Waals surface area contributed by atoms with Gasteiger partial charge in [-0.1, -0.05) is 6.92 Å². The van der Waals surface area contributed by atoms with E-state index in [-0.39, 0.29) is 18.0 Å². The molecule has 0 N–H and O–H groups in total. The van der Waals surface area contributed by atoms with Crippen LogP contribution >= 0.6 is 0 Å². The van der Waals surface area contributed by atoms with Crippen molar-refractivity contribution in [1.82, 2.24) is 0 Å². The minimum absolute atomic E-state index is 0.121. The van der Waals surface area contributed by atoms with Gasteiger partial charge in [-0.15, -0.1) is 10.1 Å². The molecule has 2 fully saturated rings. The fourth-order valence-electron chi connectivity index (χ4n) is 2.21. The van der Waals surface area contributed by atoms with Gasteiger partial charge >= 0.3 is 0 Å². The summed E-state index contributed by atoms with van der Waals surface area (Å²) in [7, 11) is -1.01. The molecular formula is C9H15NO6S. The Hall–Kier alpha value is -0.730. The Morgan fingerprint density at radius 3 is 2.76 bits per heavy atom. The third-order valence-corrected chi connectivity index (χ3v) is 4.82. The fraction of sp³-hybridized carbons (Fsp3) is 1.00. The number of rotatable bonds is 5. The number of fused-ring (bicyclic) bond motifs is 1. The molecule has 0 aromatic rings. The van der Waals surface area contributed by atoms with Gasteiger partial charge < -0.3 is 14.3 Å². The van der Waals surface area contributed by atoms with E-state index in [0.717, 1.165) is 6.42 Å². The Bertz CT molecular complexity index is 325. The molecule has 2 saturated heterocycles. The summed E-state index contributed by atoms with van der Waals surface area (Å²) < 4.78 is 22.7. The Labute approximate surface area is 101 Å². The van der Waals surface area contributed by atoms with E-state index in [1.807, 2.05) is 6.92 Å². The van der Waals surface area contributed by atoms with Gasteiger partial charge in [0, 0.05) is 16.6 Å². The van der Waals surface area contributed by atoms with Crippen LogP contribution in [0.4, 0.5) is 0 Å². The standard InChI is InChI=1S/C9H15NO6S/c1-2-3-17(13)7-5-15-8-6(16-10(11)12)4-14-9(7)8/h6-9H,2-5H2,1H3/t6-,7+,8-,9-,17-/m1/s1. The molecular weight excluding hydrogens is 250 g/mol. The summed E-state index contributed by atoms with van der Waals surface area (Å²) in [6.07, 6.45) is -0.674. The molecule has 17 heavy (non-hydrogen) atoms. The molecule has 5 atom stereocenters. The van der Waals surface area contributed by atoms with Crippen LogP contribution < -0.4 is 0 Å². The lowest BCUT2D eigenvalue weighted by atomic mass is 10.1. The zero-order valence-corrected chi connectivity index (χ0v) is 10.3. The highest BCUT2D eigenvalue weighted by molar-refractivity contribution is 7.85. The molecule has 0 radical (unpaired) electrons. The number of hydrogen-bond donors (Lipinski definition) is 0. The van der Waals surface area contributed by atoms with Crippen molar-refractivity contribution in [2.24, 2.45) is 0 Å². The second kappa shape index (κ2) is 5.28. The van der Waals surface area contributed by atoms with Gasteiger partial charge in [-0.3, -0.25) is 4.21 Å². The first-order chi connectivity index (χ1) is 8.13. The smallest absolute Gasteiger partial charge is 0.294 e. The van der Waals surface area contributed by atoms with Crippen molar-refractivity contribution in [3.8, 4) is 0 Å². The molecule has 0 amide bonds. The van der Waals surface area contributed by atoms with Gasteiger partial charge in [0.05, 0.1) is 18.5 Å². The zero-order valence-electron chi connectivity index (χ0n) is 9.44. The Balaban J connectivity index is 1.97. The van der Waals surface area contributed by atoms with Crippen LogP contribution in [0.25, 0.3) is 0 Å². The second-order valence-electron chi connectivity index (χ2n) is 4.09. The highest BCUT2D eigenvalue weighted by Crippen LogP contribution is 2.31. The minimum Gasteiger partial charge on any atom is -0.372 e. The van der Waals surface area contributed by atoms with Gasteiger partial charge in [-0.25, -0.2) is 0 Å². The molecule has 0 aromatic heterocycles. The van der Waals surface area contributed by atoms with Gasteiger partial charge in [0.2, 0.25) is 0 Å². The van der Waals surface area contributed by atoms with Crippen LogP contribution in [0.1, 0.15) is 13.3 Å². The maximum absolute atomic E-state index is 11.9. The van der Waals surface area contributed by atoms with E-state index in [0.29, 0.717) is 12.4 Å². The van der Waals surface area contributed by atoms with Crippen molar-refractivity contribution >= 4 is 10.8 Å². The molecule has 0 unspecified atom stereocenters. The molecule has 2 heterocycles. The van der Waals surface area contributed by atoms with E-state index in [1.165, 1.54) is 0 Å². The van der Waals surface area contributed by atoms with Crippen molar-refractivity contribution in [3.63, 3.8) is 0 Å². The first-order valence-electron chi connectivity index (χ1n) is 5.55. The molecule has 2 rings (SSSR count). The molecule has 0 aromatic carbocycles. The van der Waals surface area contributed by atoms with Crippen LogP contribution in [0.2, 0.25) is 0 Å². The molecule has 98 valence electrons. The van der Waals surface area contributed by atoms with Crippen LogP contribution in [-0.4, -0.2) is 51.8 Å². The highest BCUT2D eigenvalue weighted by atomic mass is 32.2. The van der Waals surface area contributed by atoms with Crippen LogP contribution in [0.15, 0.2) is 0 Å². The average molecular weight is 265 g/mol. The van der Waals surface area contributed by atoms with Gasteiger partial charge in [-0.05, 0) is 6.42 Å². The SMILES string of the molecule is CCC[S@@](=O)[C@H]1CO[C@H]2[C@@H]1OC[C@H]2O[N+](=O)[O-]. The lowest BCUT2D eigenvalue weighted by Gasteiger charge is -2.15. The number of hydrogen-bond acceptors (Lipinski definition) is 6. The Kier molecular flexibility index (Phi) is 3.95. The Morgan fingerprint density at radius 1 is 1.41 bits per heavy atom. The second-order valence-corrected chi connectivity index (χ2v) is 5.86. The largest absolute Gasteiger partial charge is 0.372 e. The molecule has 0 bridgehead atoms. The minimum atomic E-state index is -1.01. The van der Waals surface area contributed by atoms with Crippen molar-refractivity contribution in [2.75, 3.05) is 19.0 Å². The maximum atomic E-state index is 11.9. The van der Waals surface area contributed by atoms with Crippen LogP contribution in [0.3, 0.4) is 0 Å². The van der Waals surface area contributed by atoms with Crippen molar-refractivity contribution in [2.45, 2.75) is 36.9 Å². The third-order valence-electron chi connectivity index (χ3n) is 2.93. The van der Waals surface area contributed by atoms with Crippen LogP contribution in [0.5, 0.6) is 0 Å². The molecule has 8 heteroatoms. The van der Waals surface area contributed by atoms with Crippen LogP contribution in [-0.2, 0) is 25.1 Å². The predicted molar refractivity (Wildman–Crippen MR) is 58.4 cm³/mol. The zero-order chi connectivity index (χ0) is 12.4. The van der Waals surface area contributed by atoms with Gasteiger partial charge in [0.25, 0.3) is 5.09 Å². The summed E-state index contributed by atoms with van der Waals surface area (Å²) in [5, 5.41) is 9.24. The third kappa shape index (κ3) is 2.58. The molecule has 2 aliphatic rings. The lowest BCUT2D eigenvalue weighted by Crippen LogP contribution is -2.36. The molecule has 2 aliphatic heterocycles. The van der Waals surface area contributed by atoms with Gasteiger partial charge in [-0.2, -0.15) is 0 Å². The molecule has 7 nitrogen and oxygen atoms in total. The first-order valence-corrected chi connectivity index (χ1v) is 6.93. The summed E-state index contributed by atoms with van der Waals surface area (Å²) in [5.41, 5.74) is 0.